The van der Waals surface area contributed by atoms with Crippen LogP contribution in [0.3, 0.4) is 0 Å². The van der Waals surface area contributed by atoms with Crippen LogP contribution in [0, 0.1) is 0 Å². The maximum absolute atomic E-state index is 5.54. The predicted octanol–water partition coefficient (Wildman–Crippen LogP) is 11.8. The smallest absolute Gasteiger partial charge is 0.163 e. The Bertz CT molecular complexity index is 2970. The highest BCUT2D eigenvalue weighted by Crippen LogP contribution is 2.55. The molecule has 0 fully saturated rings. The van der Waals surface area contributed by atoms with Gasteiger partial charge < -0.3 is 4.57 Å². The molecule has 10 aromatic rings. The number of benzene rings is 8. The van der Waals surface area contributed by atoms with Crippen LogP contribution in [0.15, 0.2) is 194 Å². The molecule has 0 N–H and O–H groups in total. The fraction of sp³-hybridized carbons (Fsp3) is 0.0200. The topological polar surface area (TPSA) is 43.6 Å². The van der Waals surface area contributed by atoms with E-state index in [0.29, 0.717) is 17.5 Å². The van der Waals surface area contributed by atoms with Crippen LogP contribution in [0.4, 0.5) is 0 Å². The van der Waals surface area contributed by atoms with Crippen molar-refractivity contribution in [2.75, 3.05) is 0 Å². The van der Waals surface area contributed by atoms with E-state index in [9.17, 15) is 0 Å². The minimum absolute atomic E-state index is 0.628. The average molecular weight is 689 g/mol. The Morgan fingerprint density at radius 1 is 0.389 bits per heavy atom. The Morgan fingerprint density at radius 3 is 1.63 bits per heavy atom. The predicted molar refractivity (Wildman–Crippen MR) is 220 cm³/mol. The number of rotatable bonds is 5. The minimum atomic E-state index is -0.776. The molecule has 0 aliphatic heterocycles. The van der Waals surface area contributed by atoms with Gasteiger partial charge in [0.15, 0.2) is 17.5 Å². The highest BCUT2D eigenvalue weighted by atomic mass is 15.1. The summed E-state index contributed by atoms with van der Waals surface area (Å²) in [7, 11) is 0. The maximum atomic E-state index is 5.54. The minimum Gasteiger partial charge on any atom is -0.309 e. The van der Waals surface area contributed by atoms with Crippen LogP contribution in [0.25, 0.3) is 72.2 Å². The van der Waals surface area contributed by atoms with E-state index in [0.717, 1.165) is 49.9 Å². The Labute approximate surface area is 312 Å². The number of para-hydroxylation sites is 2. The van der Waals surface area contributed by atoms with Crippen LogP contribution in [-0.2, 0) is 5.41 Å². The average Bonchev–Trinajstić information content (AvgIpc) is 3.75. The lowest BCUT2D eigenvalue weighted by atomic mass is 9.71. The van der Waals surface area contributed by atoms with E-state index in [1.54, 1.807) is 0 Å². The Hall–Kier alpha value is -7.17. The van der Waals surface area contributed by atoms with Gasteiger partial charge in [0.25, 0.3) is 0 Å². The van der Waals surface area contributed by atoms with Crippen molar-refractivity contribution in [3.63, 3.8) is 0 Å². The molecule has 252 valence electrons. The van der Waals surface area contributed by atoms with Crippen molar-refractivity contribution in [3.8, 4) is 39.6 Å². The van der Waals surface area contributed by atoms with Crippen LogP contribution in [-0.4, -0.2) is 19.5 Å². The molecule has 0 unspecified atom stereocenters. The SMILES string of the molecule is c1ccc(C2(c3nc(-c4cccc(-n5c6ccccc6c6ccccc65)c4)nc(-c4ccc5ccccc5c4)n3)c3ccccc3-c3ccccc32)cc1. The molecule has 0 amide bonds. The fourth-order valence-corrected chi connectivity index (χ4v) is 8.72. The van der Waals surface area contributed by atoms with Crippen molar-refractivity contribution in [1.82, 2.24) is 19.5 Å². The van der Waals surface area contributed by atoms with Crippen LogP contribution in [0.1, 0.15) is 22.5 Å². The summed E-state index contributed by atoms with van der Waals surface area (Å²) in [6.07, 6.45) is 0. The van der Waals surface area contributed by atoms with Gasteiger partial charge in [0.1, 0.15) is 5.41 Å². The lowest BCUT2D eigenvalue weighted by molar-refractivity contribution is 0.692. The molecule has 8 aromatic carbocycles. The Kier molecular flexibility index (Phi) is 6.73. The van der Waals surface area contributed by atoms with Crippen molar-refractivity contribution in [2.24, 2.45) is 0 Å². The van der Waals surface area contributed by atoms with E-state index in [1.165, 1.54) is 27.3 Å². The van der Waals surface area contributed by atoms with Crippen LogP contribution < -0.4 is 0 Å². The first-order valence-electron chi connectivity index (χ1n) is 18.4. The van der Waals surface area contributed by atoms with Gasteiger partial charge in [-0.1, -0.05) is 164 Å². The molecule has 0 radical (unpaired) electrons. The zero-order valence-corrected chi connectivity index (χ0v) is 29.3. The van der Waals surface area contributed by atoms with Gasteiger partial charge in [-0.05, 0) is 68.9 Å². The monoisotopic (exact) mass is 688 g/mol. The molecule has 0 saturated carbocycles. The van der Waals surface area contributed by atoms with Gasteiger partial charge >= 0.3 is 0 Å². The summed E-state index contributed by atoms with van der Waals surface area (Å²) in [4.78, 5) is 16.3. The van der Waals surface area contributed by atoms with Gasteiger partial charge in [-0.25, -0.2) is 15.0 Å². The lowest BCUT2D eigenvalue weighted by Gasteiger charge is -2.32. The molecule has 0 atom stereocenters. The third kappa shape index (κ3) is 4.47. The molecule has 54 heavy (non-hydrogen) atoms. The number of hydrogen-bond acceptors (Lipinski definition) is 3. The van der Waals surface area contributed by atoms with E-state index >= 15 is 0 Å². The maximum Gasteiger partial charge on any atom is 0.163 e. The van der Waals surface area contributed by atoms with E-state index in [1.807, 2.05) is 0 Å². The van der Waals surface area contributed by atoms with E-state index < -0.39 is 5.41 Å². The molecule has 4 heteroatoms. The van der Waals surface area contributed by atoms with Crippen molar-refractivity contribution in [3.05, 3.63) is 217 Å². The summed E-state index contributed by atoms with van der Waals surface area (Å²) in [5.41, 5.74) is 10.3. The van der Waals surface area contributed by atoms with Crippen LogP contribution >= 0.6 is 0 Å². The third-order valence-electron chi connectivity index (χ3n) is 11.1. The first-order chi connectivity index (χ1) is 26.8. The molecule has 1 aliphatic carbocycles. The van der Waals surface area contributed by atoms with Gasteiger partial charge in [0, 0.05) is 27.6 Å². The highest BCUT2D eigenvalue weighted by molar-refractivity contribution is 6.09. The van der Waals surface area contributed by atoms with Crippen LogP contribution in [0.5, 0.6) is 0 Å². The second-order valence-electron chi connectivity index (χ2n) is 14.0. The molecular formula is C50H32N4. The number of hydrogen-bond donors (Lipinski definition) is 0. The molecule has 2 aromatic heterocycles. The van der Waals surface area contributed by atoms with Gasteiger partial charge in [0.05, 0.1) is 11.0 Å². The zero-order valence-electron chi connectivity index (χ0n) is 29.3. The number of fused-ring (bicyclic) bond motifs is 7. The van der Waals surface area contributed by atoms with Gasteiger partial charge in [0.2, 0.25) is 0 Å². The molecular weight excluding hydrogens is 657 g/mol. The second-order valence-corrected chi connectivity index (χ2v) is 14.0. The first kappa shape index (κ1) is 30.5. The van der Waals surface area contributed by atoms with Crippen molar-refractivity contribution in [2.45, 2.75) is 5.41 Å². The van der Waals surface area contributed by atoms with Gasteiger partial charge in [-0.15, -0.1) is 0 Å². The zero-order chi connectivity index (χ0) is 35.6. The molecule has 0 saturated heterocycles. The number of aromatic nitrogens is 4. The van der Waals surface area contributed by atoms with Crippen molar-refractivity contribution in [1.29, 1.82) is 0 Å². The second kappa shape index (κ2) is 11.9. The summed E-state index contributed by atoms with van der Waals surface area (Å²) in [6.45, 7) is 0. The standard InChI is InChI=1S/C50H32N4/c1-2-18-37(19-3-1)50(43-25-10-6-21-39(43)40-22-7-11-26-44(40)50)49-52-47(51-48(53-49)36-30-29-33-15-4-5-16-34(33)31-36)35-17-14-20-38(32-35)54-45-27-12-8-23-41(45)42-24-9-13-28-46(42)54/h1-32H. The molecule has 4 nitrogen and oxygen atoms in total. The fourth-order valence-electron chi connectivity index (χ4n) is 8.72. The van der Waals surface area contributed by atoms with Crippen LogP contribution in [0.2, 0.25) is 0 Å². The van der Waals surface area contributed by atoms with E-state index in [2.05, 4.69) is 199 Å². The molecule has 0 spiro atoms. The van der Waals surface area contributed by atoms with Crippen molar-refractivity contribution < 1.29 is 0 Å². The molecule has 2 heterocycles. The summed E-state index contributed by atoms with van der Waals surface area (Å²) in [6, 6.07) is 68.9. The molecule has 0 bridgehead atoms. The Balaban J connectivity index is 1.21. The van der Waals surface area contributed by atoms with Gasteiger partial charge in [-0.3, -0.25) is 0 Å². The van der Waals surface area contributed by atoms with Gasteiger partial charge in [-0.2, -0.15) is 0 Å². The third-order valence-corrected chi connectivity index (χ3v) is 11.1. The summed E-state index contributed by atoms with van der Waals surface area (Å²) in [5, 5.41) is 4.76. The summed E-state index contributed by atoms with van der Waals surface area (Å²) in [5.74, 6) is 1.96. The van der Waals surface area contributed by atoms with Crippen molar-refractivity contribution >= 4 is 32.6 Å². The Morgan fingerprint density at radius 2 is 0.944 bits per heavy atom. The molecule has 1 aliphatic rings. The summed E-state index contributed by atoms with van der Waals surface area (Å²) >= 11 is 0. The molecule has 11 rings (SSSR count). The summed E-state index contributed by atoms with van der Waals surface area (Å²) < 4.78 is 2.34. The largest absolute Gasteiger partial charge is 0.309 e. The lowest BCUT2D eigenvalue weighted by Crippen LogP contribution is -2.31. The van der Waals surface area contributed by atoms with E-state index in [4.69, 9.17) is 15.0 Å². The number of nitrogens with zero attached hydrogens (tertiary/aromatic N) is 4. The van der Waals surface area contributed by atoms with E-state index in [-0.39, 0.29) is 0 Å². The quantitative estimate of drug-likeness (QED) is 0.181. The normalized spacial score (nSPS) is 13.0. The highest BCUT2D eigenvalue weighted by Gasteiger charge is 2.48. The first-order valence-corrected chi connectivity index (χ1v) is 18.4.